The summed E-state index contributed by atoms with van der Waals surface area (Å²) in [5.74, 6) is 2.38. The molecule has 0 aromatic carbocycles. The minimum absolute atomic E-state index is 0.0149. The van der Waals surface area contributed by atoms with Crippen LogP contribution in [0.4, 0.5) is 0 Å². The van der Waals surface area contributed by atoms with Gasteiger partial charge in [0.05, 0.1) is 11.8 Å². The molecule has 0 heterocycles. The second-order valence-corrected chi connectivity index (χ2v) is 11.1. The molecular weight excluding hydrogens is 364 g/mol. The lowest BCUT2D eigenvalue weighted by Gasteiger charge is -2.37. The van der Waals surface area contributed by atoms with Crippen molar-refractivity contribution in [2.75, 3.05) is 0 Å². The van der Waals surface area contributed by atoms with Gasteiger partial charge in [-0.2, -0.15) is 0 Å². The summed E-state index contributed by atoms with van der Waals surface area (Å²) >= 11 is 0. The monoisotopic (exact) mass is 406 g/mol. The average molecular weight is 407 g/mol. The van der Waals surface area contributed by atoms with Gasteiger partial charge in [0.25, 0.3) is 0 Å². The van der Waals surface area contributed by atoms with E-state index < -0.39 is 0 Å². The number of ether oxygens (including phenoxy) is 2. The number of hydrogen-bond donors (Lipinski definition) is 0. The lowest BCUT2D eigenvalue weighted by molar-refractivity contribution is -0.163. The summed E-state index contributed by atoms with van der Waals surface area (Å²) in [6.07, 6.45) is 7.03. The van der Waals surface area contributed by atoms with Gasteiger partial charge in [-0.15, -0.1) is 0 Å². The third kappa shape index (κ3) is 5.55. The van der Waals surface area contributed by atoms with Crippen LogP contribution >= 0.6 is 0 Å². The van der Waals surface area contributed by atoms with Crippen molar-refractivity contribution in [1.29, 1.82) is 0 Å². The van der Waals surface area contributed by atoms with Gasteiger partial charge in [0.15, 0.2) is 0 Å². The first kappa shape index (κ1) is 22.6. The molecule has 2 unspecified atom stereocenters. The molecule has 3 saturated carbocycles. The molecular formula is C25H42O4. The third-order valence-corrected chi connectivity index (χ3v) is 7.84. The number of esters is 2. The highest BCUT2D eigenvalue weighted by Gasteiger charge is 2.52. The van der Waals surface area contributed by atoms with Crippen LogP contribution in [-0.4, -0.2) is 24.1 Å². The zero-order chi connectivity index (χ0) is 21.3. The van der Waals surface area contributed by atoms with Crippen LogP contribution in [-0.2, 0) is 19.1 Å². The standard InChI is InChI=1S/C25H42O4/c1-14(2)18-11-16(5)7-9-22(18)28-24(26)20-13-21(20)25(27)29-23-10-8-17(6)12-19(23)15(3)4/h14-23H,7-13H2,1-6H3/t16-,17-,18-,19-,20-,21?,22+,23?/m0/s1. The molecule has 29 heavy (non-hydrogen) atoms. The summed E-state index contributed by atoms with van der Waals surface area (Å²) in [7, 11) is 0. The summed E-state index contributed by atoms with van der Waals surface area (Å²) in [6.45, 7) is 13.5. The van der Waals surface area contributed by atoms with E-state index in [2.05, 4.69) is 41.5 Å². The predicted octanol–water partition coefficient (Wildman–Crippen LogP) is 5.63. The van der Waals surface area contributed by atoms with Gasteiger partial charge in [-0.05, 0) is 80.5 Å². The first-order chi connectivity index (χ1) is 13.7. The van der Waals surface area contributed by atoms with Crippen molar-refractivity contribution in [1.82, 2.24) is 0 Å². The fraction of sp³-hybridized carbons (Fsp3) is 0.920. The summed E-state index contributed by atoms with van der Waals surface area (Å²) in [4.78, 5) is 25.4. The first-order valence-electron chi connectivity index (χ1n) is 12.1. The van der Waals surface area contributed by atoms with Crippen molar-refractivity contribution in [3.63, 3.8) is 0 Å². The Bertz CT molecular complexity index is 533. The number of carbonyl (C=O) groups excluding carboxylic acids is 2. The molecule has 0 aromatic heterocycles. The molecule has 166 valence electrons. The van der Waals surface area contributed by atoms with Gasteiger partial charge >= 0.3 is 11.9 Å². The number of hydrogen-bond acceptors (Lipinski definition) is 4. The molecule has 0 radical (unpaired) electrons. The van der Waals surface area contributed by atoms with Crippen molar-refractivity contribution in [2.45, 2.75) is 98.7 Å². The van der Waals surface area contributed by atoms with Gasteiger partial charge in [-0.3, -0.25) is 9.59 Å². The molecule has 0 spiro atoms. The van der Waals surface area contributed by atoms with E-state index in [1.807, 2.05) is 0 Å². The zero-order valence-electron chi connectivity index (χ0n) is 19.4. The Morgan fingerprint density at radius 2 is 1.03 bits per heavy atom. The number of rotatable bonds is 6. The van der Waals surface area contributed by atoms with E-state index in [0.717, 1.165) is 38.5 Å². The first-order valence-corrected chi connectivity index (χ1v) is 12.1. The van der Waals surface area contributed by atoms with Gasteiger partial charge in [0.2, 0.25) is 0 Å². The summed E-state index contributed by atoms with van der Waals surface area (Å²) in [5, 5.41) is 0. The van der Waals surface area contributed by atoms with Crippen LogP contribution in [0.15, 0.2) is 0 Å². The Labute approximate surface area is 177 Å². The van der Waals surface area contributed by atoms with Crippen LogP contribution in [0.3, 0.4) is 0 Å². The van der Waals surface area contributed by atoms with Crippen molar-refractivity contribution in [2.24, 2.45) is 47.3 Å². The van der Waals surface area contributed by atoms with E-state index in [4.69, 9.17) is 9.47 Å². The van der Waals surface area contributed by atoms with Crippen LogP contribution < -0.4 is 0 Å². The Morgan fingerprint density at radius 3 is 1.38 bits per heavy atom. The second kappa shape index (κ2) is 9.39. The maximum Gasteiger partial charge on any atom is 0.310 e. The summed E-state index contributed by atoms with van der Waals surface area (Å²) < 4.78 is 11.9. The number of carbonyl (C=O) groups is 2. The van der Waals surface area contributed by atoms with Crippen molar-refractivity contribution >= 4 is 11.9 Å². The molecule has 4 heteroatoms. The van der Waals surface area contributed by atoms with E-state index in [1.54, 1.807) is 0 Å². The maximum atomic E-state index is 12.7. The Kier molecular flexibility index (Phi) is 7.32. The second-order valence-electron chi connectivity index (χ2n) is 11.1. The Balaban J connectivity index is 1.50. The van der Waals surface area contributed by atoms with Gasteiger partial charge < -0.3 is 9.47 Å². The van der Waals surface area contributed by atoms with Gasteiger partial charge in [0, 0.05) is 0 Å². The topological polar surface area (TPSA) is 52.6 Å². The quantitative estimate of drug-likeness (QED) is 0.536. The molecule has 3 aliphatic rings. The molecule has 3 aliphatic carbocycles. The summed E-state index contributed by atoms with van der Waals surface area (Å²) in [5.41, 5.74) is 0. The van der Waals surface area contributed by atoms with Crippen molar-refractivity contribution in [3.05, 3.63) is 0 Å². The van der Waals surface area contributed by atoms with Gasteiger partial charge in [-0.1, -0.05) is 41.5 Å². The van der Waals surface area contributed by atoms with Gasteiger partial charge in [0.1, 0.15) is 12.2 Å². The smallest absolute Gasteiger partial charge is 0.310 e. The summed E-state index contributed by atoms with van der Waals surface area (Å²) in [6, 6.07) is 0. The van der Waals surface area contributed by atoms with E-state index in [-0.39, 0.29) is 36.0 Å². The SMILES string of the molecule is CC(C)[C@@H]1C[C@@H](C)CCC1OC(=O)C1C[C@@H]1C(=O)O[C@@H]1CC[C@H](C)C[C@H]1C(C)C. The third-order valence-electron chi connectivity index (χ3n) is 7.84. The fourth-order valence-corrected chi connectivity index (χ4v) is 5.68. The van der Waals surface area contributed by atoms with Crippen LogP contribution in [0.1, 0.15) is 86.5 Å². The van der Waals surface area contributed by atoms with Gasteiger partial charge in [-0.25, -0.2) is 0 Å². The van der Waals surface area contributed by atoms with Crippen molar-refractivity contribution < 1.29 is 19.1 Å². The molecule has 0 bridgehead atoms. The molecule has 4 nitrogen and oxygen atoms in total. The molecule has 0 aromatic rings. The van der Waals surface area contributed by atoms with E-state index in [9.17, 15) is 9.59 Å². The highest BCUT2D eigenvalue weighted by Crippen LogP contribution is 2.44. The molecule has 3 rings (SSSR count). The minimum atomic E-state index is -0.283. The van der Waals surface area contributed by atoms with E-state index in [1.165, 1.54) is 0 Å². The van der Waals surface area contributed by atoms with E-state index in [0.29, 0.717) is 41.9 Å². The molecule has 0 aliphatic heterocycles. The highest BCUT2D eigenvalue weighted by atomic mass is 16.6. The van der Waals surface area contributed by atoms with Crippen LogP contribution in [0.5, 0.6) is 0 Å². The Morgan fingerprint density at radius 1 is 0.655 bits per heavy atom. The molecule has 0 amide bonds. The molecule has 3 fully saturated rings. The lowest BCUT2D eigenvalue weighted by atomic mass is 9.75. The van der Waals surface area contributed by atoms with E-state index >= 15 is 0 Å². The van der Waals surface area contributed by atoms with Crippen LogP contribution in [0.25, 0.3) is 0 Å². The van der Waals surface area contributed by atoms with Crippen molar-refractivity contribution in [3.8, 4) is 0 Å². The highest BCUT2D eigenvalue weighted by molar-refractivity contribution is 5.87. The maximum absolute atomic E-state index is 12.7. The fourth-order valence-electron chi connectivity index (χ4n) is 5.68. The lowest BCUT2D eigenvalue weighted by Crippen LogP contribution is -2.37. The van der Waals surface area contributed by atoms with Crippen LogP contribution in [0, 0.1) is 47.3 Å². The molecule has 0 saturated heterocycles. The Hall–Kier alpha value is -1.06. The normalized spacial score (nSPS) is 40.0. The molecule has 8 atom stereocenters. The minimum Gasteiger partial charge on any atom is -0.462 e. The zero-order valence-corrected chi connectivity index (χ0v) is 19.4. The predicted molar refractivity (Wildman–Crippen MR) is 114 cm³/mol. The largest absolute Gasteiger partial charge is 0.462 e. The average Bonchev–Trinajstić information content (AvgIpc) is 3.45. The van der Waals surface area contributed by atoms with Crippen LogP contribution in [0.2, 0.25) is 0 Å². The molecule has 0 N–H and O–H groups in total.